The van der Waals surface area contributed by atoms with Gasteiger partial charge in [0.2, 0.25) is 23.3 Å². The molecule has 5 N–H and O–H groups in total. The van der Waals surface area contributed by atoms with Crippen LogP contribution in [0.15, 0.2) is 6.33 Å². The van der Waals surface area contributed by atoms with E-state index in [2.05, 4.69) is 20.3 Å². The molecule has 3 heterocycles. The number of carbonyl (C=O) groups is 4. The molecule has 0 spiro atoms. The second-order valence-corrected chi connectivity index (χ2v) is 7.49. The molecule has 0 saturated carbocycles. The summed E-state index contributed by atoms with van der Waals surface area (Å²) in [6.07, 6.45) is -5.05. The minimum absolute atomic E-state index is 0.226. The fourth-order valence-electron chi connectivity index (χ4n) is 3.72. The zero-order chi connectivity index (χ0) is 24.2. The predicted octanol–water partition coefficient (Wildman–Crippen LogP) is -2.02. The van der Waals surface area contributed by atoms with Gasteiger partial charge >= 0.3 is 0 Å². The number of hydrogen-bond acceptors (Lipinski definition) is 12. The fourth-order valence-corrected chi connectivity index (χ4v) is 3.72. The third kappa shape index (κ3) is 3.15. The van der Waals surface area contributed by atoms with Crippen LogP contribution in [0.1, 0.15) is 33.9 Å². The number of nitrogens with one attached hydrogen (secondary N) is 1. The first-order valence-corrected chi connectivity index (χ1v) is 9.28. The fraction of sp³-hybridized carbons (Fsp3) is 0.500. The van der Waals surface area contributed by atoms with Gasteiger partial charge in [-0.1, -0.05) is 0 Å². The normalized spacial score (nSPS) is 28.5. The Kier molecular flexibility index (Phi) is 5.59. The first kappa shape index (κ1) is 23.3. The molecule has 0 aromatic carbocycles. The first-order chi connectivity index (χ1) is 14.8. The van der Waals surface area contributed by atoms with Crippen LogP contribution in [0.3, 0.4) is 0 Å². The maximum Gasteiger partial charge on any atom is 0.244 e. The molecule has 1 aliphatic rings. The van der Waals surface area contributed by atoms with Gasteiger partial charge in [0, 0.05) is 6.92 Å². The number of aromatic hydroxyl groups is 1. The number of Topliss-reactive ketones (excluding diaryl/α,β-unsaturated/α-hetero) is 3. The van der Waals surface area contributed by atoms with Crippen LogP contribution in [-0.4, -0.2) is 86.6 Å². The Morgan fingerprint density at radius 2 is 1.69 bits per heavy atom. The monoisotopic (exact) mass is 451 g/mol. The Morgan fingerprint density at radius 1 is 1.09 bits per heavy atom. The third-order valence-electron chi connectivity index (χ3n) is 5.35. The molecule has 14 heteroatoms. The molecule has 0 radical (unpaired) electrons. The Balaban J connectivity index is 2.28. The van der Waals surface area contributed by atoms with Crippen molar-refractivity contribution in [2.75, 3.05) is 5.32 Å². The molecule has 2 aromatic rings. The molecule has 5 atom stereocenters. The molecule has 1 fully saturated rings. The second kappa shape index (κ2) is 7.67. The summed E-state index contributed by atoms with van der Waals surface area (Å²) in [6, 6.07) is 0. The highest BCUT2D eigenvalue weighted by atomic mass is 16.6. The molecule has 2 aromatic heterocycles. The molecule has 1 aliphatic heterocycles. The van der Waals surface area contributed by atoms with Gasteiger partial charge in [-0.3, -0.25) is 29.1 Å². The van der Waals surface area contributed by atoms with E-state index in [1.807, 2.05) is 0 Å². The Bertz CT molecular complexity index is 1150. The van der Waals surface area contributed by atoms with Crippen LogP contribution in [-0.2, 0) is 23.9 Å². The van der Waals surface area contributed by atoms with Gasteiger partial charge in [0.15, 0.2) is 40.3 Å². The Labute approximate surface area is 179 Å². The Hall–Kier alpha value is -3.33. The summed E-state index contributed by atoms with van der Waals surface area (Å²) in [5.74, 6) is -4.75. The maximum absolute atomic E-state index is 12.6. The molecule has 1 unspecified atom stereocenters. The van der Waals surface area contributed by atoms with Crippen LogP contribution in [0.2, 0.25) is 0 Å². The van der Waals surface area contributed by atoms with Gasteiger partial charge in [-0.15, -0.1) is 0 Å². The van der Waals surface area contributed by atoms with Crippen molar-refractivity contribution >= 4 is 40.4 Å². The van der Waals surface area contributed by atoms with E-state index in [0.717, 1.165) is 38.6 Å². The highest BCUT2D eigenvalue weighted by Crippen LogP contribution is 2.49. The van der Waals surface area contributed by atoms with Gasteiger partial charge in [0.1, 0.15) is 12.2 Å². The average molecular weight is 451 g/mol. The standard InChI is InChI=1S/C18H21N5O9/c1-6(24)11(28)12-17(30,7(2)25)18(31,8(3)26)15(32-12)23-5-19-10-13(23)21-16(20-9(4)27)22-14(10)29/h5,11-12,15,28,30-31H,1-4H3,(H2,20,21,22,27,29)/t11?,12-,15-,17-,18+/m1/s1. The van der Waals surface area contributed by atoms with Crippen LogP contribution in [0.4, 0.5) is 5.95 Å². The number of anilines is 1. The molecule has 14 nitrogen and oxygen atoms in total. The topological polar surface area (TPSA) is 214 Å². The van der Waals surface area contributed by atoms with Crippen LogP contribution in [0.25, 0.3) is 11.2 Å². The number of rotatable bonds is 6. The van der Waals surface area contributed by atoms with Crippen molar-refractivity contribution in [2.45, 2.75) is 57.3 Å². The summed E-state index contributed by atoms with van der Waals surface area (Å²) in [5.41, 5.74) is -6.51. The largest absolute Gasteiger partial charge is 0.492 e. The van der Waals surface area contributed by atoms with E-state index in [9.17, 15) is 39.6 Å². The van der Waals surface area contributed by atoms with Crippen LogP contribution < -0.4 is 5.32 Å². The molecular formula is C18H21N5O9. The Morgan fingerprint density at radius 3 is 2.19 bits per heavy atom. The highest BCUT2D eigenvalue weighted by Gasteiger charge is 2.73. The van der Waals surface area contributed by atoms with E-state index in [1.54, 1.807) is 0 Å². The van der Waals surface area contributed by atoms with Crippen molar-refractivity contribution in [3.63, 3.8) is 0 Å². The van der Waals surface area contributed by atoms with Crippen LogP contribution in [0, 0.1) is 0 Å². The molecule has 3 rings (SSSR count). The van der Waals surface area contributed by atoms with Gasteiger partial charge in [-0.2, -0.15) is 9.97 Å². The van der Waals surface area contributed by atoms with E-state index in [1.165, 1.54) is 0 Å². The SMILES string of the molecule is CC(=O)Nc1nc(O)c2ncn([C@@H]3O[C@H](C(O)C(C)=O)[C@](O)(C(C)=O)[C@]3(O)C(C)=O)c2n1. The lowest BCUT2D eigenvalue weighted by atomic mass is 9.73. The minimum atomic E-state index is -3.03. The third-order valence-corrected chi connectivity index (χ3v) is 5.35. The van der Waals surface area contributed by atoms with Crippen molar-refractivity contribution in [3.8, 4) is 5.88 Å². The zero-order valence-corrected chi connectivity index (χ0v) is 17.4. The number of nitrogens with zero attached hydrogens (tertiary/aromatic N) is 4. The zero-order valence-electron chi connectivity index (χ0n) is 17.4. The number of fused-ring (bicyclic) bond motifs is 1. The van der Waals surface area contributed by atoms with Crippen molar-refractivity contribution in [3.05, 3.63) is 6.33 Å². The van der Waals surface area contributed by atoms with E-state index >= 15 is 0 Å². The van der Waals surface area contributed by atoms with E-state index in [-0.39, 0.29) is 17.1 Å². The number of imidazole rings is 1. The molecule has 1 amide bonds. The molecule has 0 bridgehead atoms. The molecule has 0 aliphatic carbocycles. The number of aromatic nitrogens is 4. The molecule has 32 heavy (non-hydrogen) atoms. The summed E-state index contributed by atoms with van der Waals surface area (Å²) in [5, 5.41) is 45.2. The summed E-state index contributed by atoms with van der Waals surface area (Å²) in [7, 11) is 0. The van der Waals surface area contributed by atoms with Gasteiger partial charge in [-0.05, 0) is 20.8 Å². The molecule has 1 saturated heterocycles. The lowest BCUT2D eigenvalue weighted by Gasteiger charge is -2.37. The van der Waals surface area contributed by atoms with Crippen LogP contribution in [0.5, 0.6) is 5.88 Å². The average Bonchev–Trinajstić information content (AvgIpc) is 3.19. The summed E-state index contributed by atoms with van der Waals surface area (Å²) in [4.78, 5) is 59.7. The minimum Gasteiger partial charge on any atom is -0.492 e. The van der Waals surface area contributed by atoms with Gasteiger partial charge in [0.25, 0.3) is 0 Å². The van der Waals surface area contributed by atoms with Gasteiger partial charge in [-0.25, -0.2) is 4.98 Å². The summed E-state index contributed by atoms with van der Waals surface area (Å²) in [6.45, 7) is 3.86. The highest BCUT2D eigenvalue weighted by molar-refractivity contribution is 6.00. The number of carbonyl (C=O) groups excluding carboxylic acids is 4. The second-order valence-electron chi connectivity index (χ2n) is 7.49. The number of aliphatic hydroxyl groups excluding tert-OH is 1. The van der Waals surface area contributed by atoms with E-state index in [4.69, 9.17) is 4.74 Å². The molecular weight excluding hydrogens is 430 g/mol. The molecule has 172 valence electrons. The number of hydrogen-bond donors (Lipinski definition) is 5. The van der Waals surface area contributed by atoms with Crippen LogP contribution >= 0.6 is 0 Å². The summed E-state index contributed by atoms with van der Waals surface area (Å²) >= 11 is 0. The first-order valence-electron chi connectivity index (χ1n) is 9.28. The number of aliphatic hydroxyl groups is 3. The van der Waals surface area contributed by atoms with E-state index in [0.29, 0.717) is 0 Å². The smallest absolute Gasteiger partial charge is 0.244 e. The van der Waals surface area contributed by atoms with E-state index < -0.39 is 58.8 Å². The quantitative estimate of drug-likeness (QED) is 0.322. The summed E-state index contributed by atoms with van der Waals surface area (Å²) < 4.78 is 6.44. The maximum atomic E-state index is 12.6. The number of ketones is 3. The van der Waals surface area contributed by atoms with Crippen molar-refractivity contribution in [1.82, 2.24) is 19.5 Å². The number of ether oxygens (including phenoxy) is 1. The predicted molar refractivity (Wildman–Crippen MR) is 103 cm³/mol. The van der Waals surface area contributed by atoms with Crippen molar-refractivity contribution in [2.24, 2.45) is 0 Å². The number of amides is 1. The van der Waals surface area contributed by atoms with Gasteiger partial charge in [0.05, 0.1) is 6.33 Å². The van der Waals surface area contributed by atoms with Crippen molar-refractivity contribution in [1.29, 1.82) is 0 Å². The lowest BCUT2D eigenvalue weighted by Crippen LogP contribution is -2.67. The van der Waals surface area contributed by atoms with Gasteiger partial charge < -0.3 is 25.2 Å². The lowest BCUT2D eigenvalue weighted by molar-refractivity contribution is -0.184. The van der Waals surface area contributed by atoms with Crippen molar-refractivity contribution < 1.29 is 44.3 Å².